The van der Waals surface area contributed by atoms with Crippen LogP contribution in [0, 0.1) is 5.82 Å². The van der Waals surface area contributed by atoms with Gasteiger partial charge in [0.1, 0.15) is 5.82 Å². The Balaban J connectivity index is 0.00000155. The summed E-state index contributed by atoms with van der Waals surface area (Å²) in [7, 11) is 0. The number of carbonyl (C=O) groups excluding carboxylic acids is 2. The molecule has 7 nitrogen and oxygen atoms in total. The number of alkyl halides is 2. The smallest absolute Gasteiger partial charge is 0.317 e. The van der Waals surface area contributed by atoms with Gasteiger partial charge in [-0.05, 0) is 37.5 Å². The lowest BCUT2D eigenvalue weighted by Gasteiger charge is -2.43. The molecule has 0 aliphatic heterocycles. The van der Waals surface area contributed by atoms with Gasteiger partial charge in [-0.2, -0.15) is 8.78 Å². The van der Waals surface area contributed by atoms with E-state index in [-0.39, 0.29) is 11.5 Å². The number of hydrazine groups is 1. The number of benzene rings is 1. The van der Waals surface area contributed by atoms with Crippen LogP contribution in [0.3, 0.4) is 0 Å². The number of hydrogen-bond acceptors (Lipinski definition) is 5. The third-order valence-corrected chi connectivity index (χ3v) is 4.65. The number of amides is 2. The van der Waals surface area contributed by atoms with E-state index < -0.39 is 29.6 Å². The fraction of sp³-hybridized carbons (Fsp3) is 0.368. The SMILES string of the molecule is CC.O=C(NNC(=O)C(F)F)c1cnc(NC2(c3cc(Cl)ccc3F)CCC2)nc1. The average Bonchev–Trinajstić information content (AvgIpc) is 2.72. The number of nitrogens with one attached hydrogen (secondary N) is 3. The van der Waals surface area contributed by atoms with Gasteiger partial charge in [-0.1, -0.05) is 25.4 Å². The van der Waals surface area contributed by atoms with Crippen molar-refractivity contribution >= 4 is 29.4 Å². The van der Waals surface area contributed by atoms with E-state index in [0.29, 0.717) is 23.4 Å². The molecular formula is C19H21ClF3N5O2. The standard InChI is InChI=1S/C17H15ClF3N5O2.C2H6/c18-10-2-3-12(19)11(6-10)17(4-1-5-17)24-16-22-7-9(8-23-16)14(27)25-26-15(28)13(20)21;1-2/h2-3,6-8,13H,1,4-5H2,(H,25,27)(H,26,28)(H,22,23,24);1-2H3. The van der Waals surface area contributed by atoms with E-state index in [4.69, 9.17) is 11.6 Å². The molecule has 1 aromatic carbocycles. The van der Waals surface area contributed by atoms with Gasteiger partial charge in [0, 0.05) is 23.0 Å². The fourth-order valence-corrected chi connectivity index (χ4v) is 3.00. The van der Waals surface area contributed by atoms with Crippen molar-refractivity contribution in [3.63, 3.8) is 0 Å². The highest BCUT2D eigenvalue weighted by atomic mass is 35.5. The quantitative estimate of drug-likeness (QED) is 0.611. The molecule has 1 fully saturated rings. The van der Waals surface area contributed by atoms with Crippen LogP contribution in [-0.2, 0) is 10.3 Å². The molecule has 2 amide bonds. The van der Waals surface area contributed by atoms with Gasteiger partial charge in [-0.3, -0.25) is 20.4 Å². The van der Waals surface area contributed by atoms with Crippen molar-refractivity contribution in [2.45, 2.75) is 45.1 Å². The molecule has 0 spiro atoms. The van der Waals surface area contributed by atoms with Crippen molar-refractivity contribution in [2.24, 2.45) is 0 Å². The van der Waals surface area contributed by atoms with E-state index in [2.05, 4.69) is 15.3 Å². The number of anilines is 1. The summed E-state index contributed by atoms with van der Waals surface area (Å²) in [5.41, 5.74) is 3.04. The number of halogens is 4. The summed E-state index contributed by atoms with van der Waals surface area (Å²) in [4.78, 5) is 30.6. The van der Waals surface area contributed by atoms with Crippen LogP contribution in [0.5, 0.6) is 0 Å². The molecule has 1 saturated carbocycles. The van der Waals surface area contributed by atoms with Crippen LogP contribution in [0.1, 0.15) is 49.0 Å². The molecule has 3 rings (SSSR count). The minimum atomic E-state index is -3.26. The van der Waals surface area contributed by atoms with Gasteiger partial charge in [0.25, 0.3) is 5.91 Å². The van der Waals surface area contributed by atoms with Crippen molar-refractivity contribution in [2.75, 3.05) is 5.32 Å². The summed E-state index contributed by atoms with van der Waals surface area (Å²) in [6.07, 6.45) is 1.22. The number of aromatic nitrogens is 2. The second kappa shape index (κ2) is 10.2. The third-order valence-electron chi connectivity index (χ3n) is 4.41. The predicted octanol–water partition coefficient (Wildman–Crippen LogP) is 3.81. The van der Waals surface area contributed by atoms with Crippen LogP contribution in [-0.4, -0.2) is 28.2 Å². The molecule has 1 aliphatic rings. The molecule has 30 heavy (non-hydrogen) atoms. The van der Waals surface area contributed by atoms with E-state index in [1.54, 1.807) is 11.5 Å². The highest BCUT2D eigenvalue weighted by molar-refractivity contribution is 6.30. The normalized spacial score (nSPS) is 14.1. The maximum atomic E-state index is 14.3. The third kappa shape index (κ3) is 5.38. The second-order valence-electron chi connectivity index (χ2n) is 6.22. The van der Waals surface area contributed by atoms with Crippen LogP contribution in [0.4, 0.5) is 19.1 Å². The molecule has 162 valence electrons. The minimum absolute atomic E-state index is 0.0586. The zero-order chi connectivity index (χ0) is 22.3. The van der Waals surface area contributed by atoms with Gasteiger partial charge in [0.2, 0.25) is 5.95 Å². The number of nitrogens with zero attached hydrogens (tertiary/aromatic N) is 2. The molecule has 0 radical (unpaired) electrons. The molecule has 3 N–H and O–H groups in total. The number of carbonyl (C=O) groups is 2. The van der Waals surface area contributed by atoms with Gasteiger partial charge in [0.15, 0.2) is 0 Å². The highest BCUT2D eigenvalue weighted by Gasteiger charge is 2.41. The Morgan fingerprint density at radius 2 is 1.77 bits per heavy atom. The first kappa shape index (κ1) is 23.4. The van der Waals surface area contributed by atoms with Crippen LogP contribution in [0.15, 0.2) is 30.6 Å². The van der Waals surface area contributed by atoms with Crippen LogP contribution in [0.2, 0.25) is 5.02 Å². The van der Waals surface area contributed by atoms with Crippen molar-refractivity contribution < 1.29 is 22.8 Å². The van der Waals surface area contributed by atoms with Crippen molar-refractivity contribution in [3.05, 3.63) is 52.6 Å². The van der Waals surface area contributed by atoms with Crippen molar-refractivity contribution in [1.29, 1.82) is 0 Å². The summed E-state index contributed by atoms with van der Waals surface area (Å²) < 4.78 is 38.5. The van der Waals surface area contributed by atoms with Gasteiger partial charge >= 0.3 is 12.3 Å². The second-order valence-corrected chi connectivity index (χ2v) is 6.66. The summed E-state index contributed by atoms with van der Waals surface area (Å²) in [6.45, 7) is 4.00. The zero-order valence-electron chi connectivity index (χ0n) is 16.3. The molecule has 1 aliphatic carbocycles. The minimum Gasteiger partial charge on any atom is -0.345 e. The molecule has 0 unspecified atom stereocenters. The van der Waals surface area contributed by atoms with Crippen molar-refractivity contribution in [3.8, 4) is 0 Å². The van der Waals surface area contributed by atoms with Gasteiger partial charge in [0.05, 0.1) is 11.1 Å². The molecule has 1 aromatic heterocycles. The number of rotatable bonds is 5. The first-order valence-corrected chi connectivity index (χ1v) is 9.63. The summed E-state index contributed by atoms with van der Waals surface area (Å²) in [5.74, 6) is -2.74. The van der Waals surface area contributed by atoms with Crippen LogP contribution >= 0.6 is 11.6 Å². The maximum absolute atomic E-state index is 14.3. The Labute approximate surface area is 176 Å². The maximum Gasteiger partial charge on any atom is 0.317 e. The monoisotopic (exact) mass is 443 g/mol. The molecule has 0 bridgehead atoms. The van der Waals surface area contributed by atoms with E-state index in [1.165, 1.54) is 12.1 Å². The zero-order valence-corrected chi connectivity index (χ0v) is 17.1. The highest BCUT2D eigenvalue weighted by Crippen LogP contribution is 2.45. The number of hydrogen-bond donors (Lipinski definition) is 3. The van der Waals surface area contributed by atoms with E-state index in [0.717, 1.165) is 18.8 Å². The van der Waals surface area contributed by atoms with Crippen LogP contribution in [0.25, 0.3) is 0 Å². The van der Waals surface area contributed by atoms with E-state index >= 15 is 0 Å². The Hall–Kier alpha value is -2.88. The van der Waals surface area contributed by atoms with Gasteiger partial charge in [-0.15, -0.1) is 0 Å². The molecule has 1 heterocycles. The van der Waals surface area contributed by atoms with Crippen LogP contribution < -0.4 is 16.2 Å². The Morgan fingerprint density at radius 3 is 2.30 bits per heavy atom. The Bertz CT molecular complexity index is 892. The van der Waals surface area contributed by atoms with Crippen molar-refractivity contribution in [1.82, 2.24) is 20.8 Å². The summed E-state index contributed by atoms with van der Waals surface area (Å²) in [6, 6.07) is 4.31. The molecular weight excluding hydrogens is 423 g/mol. The Kier molecular flexibility index (Phi) is 7.99. The van der Waals surface area contributed by atoms with Gasteiger partial charge < -0.3 is 5.32 Å². The topological polar surface area (TPSA) is 96.0 Å². The van der Waals surface area contributed by atoms with E-state index in [1.807, 2.05) is 19.3 Å². The van der Waals surface area contributed by atoms with Gasteiger partial charge in [-0.25, -0.2) is 14.4 Å². The van der Waals surface area contributed by atoms with E-state index in [9.17, 15) is 22.8 Å². The average molecular weight is 444 g/mol. The lowest BCUT2D eigenvalue weighted by molar-refractivity contribution is -0.132. The molecule has 11 heteroatoms. The first-order valence-electron chi connectivity index (χ1n) is 9.25. The summed E-state index contributed by atoms with van der Waals surface area (Å²) in [5, 5.41) is 3.49. The largest absolute Gasteiger partial charge is 0.345 e. The predicted molar refractivity (Wildman–Crippen MR) is 106 cm³/mol. The molecule has 2 aromatic rings. The Morgan fingerprint density at radius 1 is 1.13 bits per heavy atom. The summed E-state index contributed by atoms with van der Waals surface area (Å²) >= 11 is 5.99. The lowest BCUT2D eigenvalue weighted by Crippen LogP contribution is -2.44. The first-order chi connectivity index (χ1) is 14.3. The fourth-order valence-electron chi connectivity index (χ4n) is 2.83. The lowest BCUT2D eigenvalue weighted by atomic mass is 9.71. The molecule has 0 saturated heterocycles. The molecule has 0 atom stereocenters.